The third-order valence-corrected chi connectivity index (χ3v) is 14.5. The van der Waals surface area contributed by atoms with Gasteiger partial charge >= 0.3 is 5.97 Å². The van der Waals surface area contributed by atoms with E-state index in [-0.39, 0.29) is 45.1 Å². The third kappa shape index (κ3) is 4.17. The van der Waals surface area contributed by atoms with Gasteiger partial charge in [0.25, 0.3) is 0 Å². The van der Waals surface area contributed by atoms with Gasteiger partial charge in [-0.15, -0.1) is 0 Å². The molecule has 226 valence electrons. The van der Waals surface area contributed by atoms with Crippen LogP contribution in [0, 0.1) is 56.7 Å². The summed E-state index contributed by atoms with van der Waals surface area (Å²) >= 11 is 0. The molecule has 0 aromatic heterocycles. The van der Waals surface area contributed by atoms with Crippen molar-refractivity contribution in [3.05, 3.63) is 12.2 Å². The summed E-state index contributed by atoms with van der Waals surface area (Å²) in [4.78, 5) is 24.4. The van der Waals surface area contributed by atoms with Crippen LogP contribution in [0.3, 0.4) is 0 Å². The molecule has 0 heterocycles. The molecule has 5 aliphatic carbocycles. The number of aliphatic hydroxyl groups excluding tert-OH is 1. The number of hydrogen-bond acceptors (Lipinski definition) is 4. The molecule has 2 N–H and O–H groups in total. The number of hydrogen-bond donors (Lipinski definition) is 2. The van der Waals surface area contributed by atoms with Crippen molar-refractivity contribution in [3.8, 4) is 0 Å². The van der Waals surface area contributed by atoms with Gasteiger partial charge in [0.05, 0.1) is 12.7 Å². The van der Waals surface area contributed by atoms with Crippen LogP contribution in [0.4, 0.5) is 0 Å². The summed E-state index contributed by atoms with van der Waals surface area (Å²) in [6, 6.07) is -0.622. The Morgan fingerprint density at radius 3 is 2.25 bits per heavy atom. The summed E-state index contributed by atoms with van der Waals surface area (Å²) in [5.74, 6) is 2.29. The Morgan fingerprint density at radius 1 is 0.900 bits per heavy atom. The average Bonchev–Trinajstić information content (AvgIpc) is 3.25. The van der Waals surface area contributed by atoms with E-state index in [1.165, 1.54) is 44.6 Å². The van der Waals surface area contributed by atoms with Crippen molar-refractivity contribution in [2.24, 2.45) is 56.7 Å². The summed E-state index contributed by atoms with van der Waals surface area (Å²) in [6.07, 6.45) is 11.4. The zero-order valence-electron chi connectivity index (χ0n) is 26.7. The largest absolute Gasteiger partial charge is 0.464 e. The number of nitrogens with one attached hydrogen (secondary N) is 1. The number of ether oxygens (including phenoxy) is 1. The number of carbonyl (C=O) groups is 2. The predicted molar refractivity (Wildman–Crippen MR) is 159 cm³/mol. The van der Waals surface area contributed by atoms with Crippen LogP contribution in [0.2, 0.25) is 0 Å². The second kappa shape index (κ2) is 9.85. The van der Waals surface area contributed by atoms with Crippen molar-refractivity contribution < 1.29 is 19.4 Å². The highest BCUT2D eigenvalue weighted by Gasteiger charge is 2.71. The van der Waals surface area contributed by atoms with E-state index in [0.29, 0.717) is 36.2 Å². The van der Waals surface area contributed by atoms with Crippen LogP contribution >= 0.6 is 0 Å². The fourth-order valence-electron chi connectivity index (χ4n) is 12.2. The van der Waals surface area contributed by atoms with Crippen molar-refractivity contribution >= 4 is 11.9 Å². The van der Waals surface area contributed by atoms with Crippen molar-refractivity contribution in [2.45, 2.75) is 132 Å². The fraction of sp³-hybridized carbons (Fsp3) is 0.886. The second-order valence-corrected chi connectivity index (χ2v) is 16.5. The molecule has 5 heteroatoms. The Balaban J connectivity index is 1.45. The van der Waals surface area contributed by atoms with Gasteiger partial charge in [-0.3, -0.25) is 4.79 Å². The maximum Gasteiger partial charge on any atom is 0.328 e. The smallest absolute Gasteiger partial charge is 0.328 e. The maximum absolute atomic E-state index is 12.9. The van der Waals surface area contributed by atoms with Gasteiger partial charge < -0.3 is 15.2 Å². The van der Waals surface area contributed by atoms with Gasteiger partial charge in [0.15, 0.2) is 0 Å². The topological polar surface area (TPSA) is 75.6 Å². The quantitative estimate of drug-likeness (QED) is 0.281. The fourth-order valence-corrected chi connectivity index (χ4v) is 12.2. The minimum atomic E-state index is -0.622. The van der Waals surface area contributed by atoms with E-state index in [1.54, 1.807) is 6.92 Å². The molecule has 0 bridgehead atoms. The Labute approximate surface area is 243 Å². The first-order chi connectivity index (χ1) is 18.5. The van der Waals surface area contributed by atoms with Gasteiger partial charge in [-0.2, -0.15) is 0 Å². The van der Waals surface area contributed by atoms with E-state index < -0.39 is 6.04 Å². The molecule has 5 fully saturated rings. The number of carbonyl (C=O) groups excluding carboxylic acids is 2. The molecule has 0 spiro atoms. The van der Waals surface area contributed by atoms with Crippen molar-refractivity contribution in [1.82, 2.24) is 5.32 Å². The number of fused-ring (bicyclic) bond motifs is 7. The first-order valence-corrected chi connectivity index (χ1v) is 16.3. The molecule has 5 saturated carbocycles. The Bertz CT molecular complexity index is 1050. The molecule has 40 heavy (non-hydrogen) atoms. The zero-order chi connectivity index (χ0) is 29.5. The molecule has 5 unspecified atom stereocenters. The van der Waals surface area contributed by atoms with Crippen LogP contribution in [0.25, 0.3) is 0 Å². The lowest BCUT2D eigenvalue weighted by Gasteiger charge is -2.73. The number of rotatable bonds is 5. The van der Waals surface area contributed by atoms with E-state index in [2.05, 4.69) is 53.4 Å². The van der Waals surface area contributed by atoms with Crippen molar-refractivity contribution in [3.63, 3.8) is 0 Å². The van der Waals surface area contributed by atoms with Gasteiger partial charge in [0, 0.05) is 12.3 Å². The molecular weight excluding hydrogens is 498 g/mol. The summed E-state index contributed by atoms with van der Waals surface area (Å²) < 4.78 is 6.03. The molecule has 0 radical (unpaired) electrons. The Kier molecular flexibility index (Phi) is 7.41. The summed E-state index contributed by atoms with van der Waals surface area (Å²) in [5, 5.41) is 13.7. The summed E-state index contributed by atoms with van der Waals surface area (Å²) in [7, 11) is 0. The lowest BCUT2D eigenvalue weighted by molar-refractivity contribution is -0.250. The molecule has 0 saturated heterocycles. The minimum Gasteiger partial charge on any atom is -0.464 e. The van der Waals surface area contributed by atoms with Gasteiger partial charge in [-0.25, -0.2) is 4.79 Å². The molecule has 0 aromatic rings. The Hall–Kier alpha value is -1.36. The molecule has 5 nitrogen and oxygen atoms in total. The molecule has 11 atom stereocenters. The predicted octanol–water partition coefficient (Wildman–Crippen LogP) is 7.07. The molecule has 0 aliphatic heterocycles. The van der Waals surface area contributed by atoms with E-state index in [9.17, 15) is 14.7 Å². The van der Waals surface area contributed by atoms with E-state index >= 15 is 0 Å². The van der Waals surface area contributed by atoms with Gasteiger partial charge in [-0.1, -0.05) is 46.8 Å². The number of aliphatic hydroxyl groups is 1. The van der Waals surface area contributed by atoms with Crippen LogP contribution in [0.1, 0.15) is 120 Å². The lowest BCUT2D eigenvalue weighted by Crippen LogP contribution is -2.66. The third-order valence-electron chi connectivity index (χ3n) is 14.5. The number of amides is 1. The van der Waals surface area contributed by atoms with Gasteiger partial charge in [0.2, 0.25) is 5.91 Å². The maximum atomic E-state index is 12.9. The number of allylic oxidation sites excluding steroid dienone is 1. The van der Waals surface area contributed by atoms with E-state index in [1.807, 2.05) is 0 Å². The lowest BCUT2D eigenvalue weighted by atomic mass is 9.32. The van der Waals surface area contributed by atoms with Gasteiger partial charge in [-0.05, 0) is 129 Å². The van der Waals surface area contributed by atoms with E-state index in [0.717, 1.165) is 32.1 Å². The zero-order valence-corrected chi connectivity index (χ0v) is 26.7. The molecule has 5 aliphatic rings. The molecule has 0 aromatic carbocycles. The Morgan fingerprint density at radius 2 is 1.60 bits per heavy atom. The first kappa shape index (κ1) is 30.1. The van der Waals surface area contributed by atoms with Crippen molar-refractivity contribution in [1.29, 1.82) is 0 Å². The van der Waals surface area contributed by atoms with Crippen molar-refractivity contribution in [2.75, 3.05) is 6.61 Å². The van der Waals surface area contributed by atoms with Crippen LogP contribution in [0.15, 0.2) is 12.2 Å². The molecular formula is C35H57NO4. The first-order valence-electron chi connectivity index (χ1n) is 16.3. The summed E-state index contributed by atoms with van der Waals surface area (Å²) in [6.45, 7) is 22.8. The highest BCUT2D eigenvalue weighted by Crippen LogP contribution is 2.77. The molecule has 5 rings (SSSR count). The van der Waals surface area contributed by atoms with Crippen LogP contribution in [0.5, 0.6) is 0 Å². The normalized spacial score (nSPS) is 48.0. The molecule has 1 amide bonds. The standard InChI is InChI=1S/C35H57NO4/c1-21(2)24-12-17-35(20-40-30(39)22(3)36-23(4)37)19-18-33(8)25(29(24)35)10-11-27-32(7)15-14-28(38)31(5,6)26(32)13-16-34(27,33)9/h22,24-29,38H,1,10-20H2,2-9H3,(H,36,37)/t22?,24-,25?,26?,27?,28-,29?,32-,33+,34+,35+/m0/s1. The highest BCUT2D eigenvalue weighted by molar-refractivity contribution is 5.82. The van der Waals surface area contributed by atoms with Crippen LogP contribution in [-0.2, 0) is 14.3 Å². The average molecular weight is 556 g/mol. The minimum absolute atomic E-state index is 0.000632. The monoisotopic (exact) mass is 555 g/mol. The summed E-state index contributed by atoms with van der Waals surface area (Å²) in [5.41, 5.74) is 2.05. The van der Waals surface area contributed by atoms with Crippen LogP contribution in [-0.4, -0.2) is 35.7 Å². The van der Waals surface area contributed by atoms with Gasteiger partial charge in [0.1, 0.15) is 6.04 Å². The number of esters is 1. The highest BCUT2D eigenvalue weighted by atomic mass is 16.5. The SMILES string of the molecule is C=C(C)[C@@H]1CC[C@]2(COC(=O)C(C)NC(C)=O)CC[C@]3(C)C(CCC4[C@@]5(C)CC[C@H](O)C(C)(C)C5CC[C@]43C)C12. The second-order valence-electron chi connectivity index (χ2n) is 16.5. The van der Waals surface area contributed by atoms with E-state index in [4.69, 9.17) is 4.74 Å². The van der Waals surface area contributed by atoms with Crippen LogP contribution < -0.4 is 5.32 Å².